The SMILES string of the molecule is O=C(O)NCc1cc2cc(-c3ccc(S(=O)(=O)N4CC(F)C4)cc3)cc(Cl)c2o1. The summed E-state index contributed by atoms with van der Waals surface area (Å²) in [6.07, 6.45) is -2.27. The van der Waals surface area contributed by atoms with Gasteiger partial charge in [-0.1, -0.05) is 23.7 Å². The minimum Gasteiger partial charge on any atom is -0.465 e. The van der Waals surface area contributed by atoms with Crippen LogP contribution in [0.1, 0.15) is 5.76 Å². The maximum Gasteiger partial charge on any atom is 0.405 e. The Kier molecular flexibility index (Phi) is 4.97. The number of amides is 1. The van der Waals surface area contributed by atoms with Crippen LogP contribution in [0.15, 0.2) is 51.8 Å². The van der Waals surface area contributed by atoms with E-state index in [1.54, 1.807) is 24.3 Å². The molecule has 1 aliphatic heterocycles. The fraction of sp³-hybridized carbons (Fsp3) is 0.211. The number of carbonyl (C=O) groups is 1. The Bertz CT molecular complexity index is 1190. The number of nitrogens with one attached hydrogen (secondary N) is 1. The van der Waals surface area contributed by atoms with E-state index < -0.39 is 22.3 Å². The highest BCUT2D eigenvalue weighted by molar-refractivity contribution is 7.89. The van der Waals surface area contributed by atoms with Crippen LogP contribution in [0.4, 0.5) is 9.18 Å². The second kappa shape index (κ2) is 7.33. The van der Waals surface area contributed by atoms with E-state index >= 15 is 0 Å². The Morgan fingerprint density at radius 1 is 1.21 bits per heavy atom. The number of carboxylic acid groups (broad SMARTS) is 1. The van der Waals surface area contributed by atoms with Crippen LogP contribution < -0.4 is 5.32 Å². The molecule has 7 nitrogen and oxygen atoms in total. The van der Waals surface area contributed by atoms with Crippen LogP contribution in [0.25, 0.3) is 22.1 Å². The minimum atomic E-state index is -3.69. The summed E-state index contributed by atoms with van der Waals surface area (Å²) in [5.41, 5.74) is 1.93. The van der Waals surface area contributed by atoms with Crippen LogP contribution in [0.5, 0.6) is 0 Å². The zero-order valence-corrected chi connectivity index (χ0v) is 16.5. The Morgan fingerprint density at radius 3 is 2.52 bits per heavy atom. The van der Waals surface area contributed by atoms with Crippen molar-refractivity contribution in [3.05, 3.63) is 53.2 Å². The van der Waals surface area contributed by atoms with E-state index in [-0.39, 0.29) is 24.5 Å². The van der Waals surface area contributed by atoms with E-state index in [1.807, 2.05) is 6.07 Å². The molecule has 0 radical (unpaired) electrons. The second-order valence-corrected chi connectivity index (χ2v) is 9.04. The van der Waals surface area contributed by atoms with Crippen molar-refractivity contribution in [2.75, 3.05) is 13.1 Å². The average molecular weight is 439 g/mol. The van der Waals surface area contributed by atoms with Gasteiger partial charge >= 0.3 is 6.09 Å². The fourth-order valence-electron chi connectivity index (χ4n) is 3.13. The molecule has 2 heterocycles. The van der Waals surface area contributed by atoms with E-state index in [0.29, 0.717) is 21.8 Å². The van der Waals surface area contributed by atoms with Gasteiger partial charge in [-0.2, -0.15) is 4.31 Å². The molecule has 2 N–H and O–H groups in total. The van der Waals surface area contributed by atoms with Gasteiger partial charge in [0, 0.05) is 18.5 Å². The summed E-state index contributed by atoms with van der Waals surface area (Å²) >= 11 is 6.31. The van der Waals surface area contributed by atoms with Gasteiger partial charge in [0.25, 0.3) is 0 Å². The largest absolute Gasteiger partial charge is 0.465 e. The number of nitrogens with zero attached hydrogens (tertiary/aromatic N) is 1. The zero-order chi connectivity index (χ0) is 20.8. The van der Waals surface area contributed by atoms with E-state index in [0.717, 1.165) is 15.4 Å². The third-order valence-electron chi connectivity index (χ3n) is 4.66. The molecule has 3 aromatic rings. The molecule has 0 spiro atoms. The summed E-state index contributed by atoms with van der Waals surface area (Å²) in [7, 11) is -3.69. The predicted octanol–water partition coefficient (Wildman–Crippen LogP) is 3.86. The first-order valence-electron chi connectivity index (χ1n) is 8.67. The summed E-state index contributed by atoms with van der Waals surface area (Å²) in [4.78, 5) is 10.7. The highest BCUT2D eigenvalue weighted by atomic mass is 35.5. The fourth-order valence-corrected chi connectivity index (χ4v) is 4.89. The van der Waals surface area contributed by atoms with Gasteiger partial charge in [-0.15, -0.1) is 0 Å². The van der Waals surface area contributed by atoms with Gasteiger partial charge in [-0.3, -0.25) is 0 Å². The Balaban J connectivity index is 1.61. The number of hydrogen-bond acceptors (Lipinski definition) is 4. The second-order valence-electron chi connectivity index (χ2n) is 6.69. The first-order chi connectivity index (χ1) is 13.7. The molecule has 4 rings (SSSR count). The maximum atomic E-state index is 13.0. The Hall–Kier alpha value is -2.62. The van der Waals surface area contributed by atoms with Crippen LogP contribution in [0.2, 0.25) is 5.02 Å². The lowest BCUT2D eigenvalue weighted by atomic mass is 10.0. The van der Waals surface area contributed by atoms with Gasteiger partial charge in [0.1, 0.15) is 11.9 Å². The molecule has 0 unspecified atom stereocenters. The molecule has 1 aromatic heterocycles. The number of sulfonamides is 1. The van der Waals surface area contributed by atoms with Crippen molar-refractivity contribution in [2.24, 2.45) is 0 Å². The van der Waals surface area contributed by atoms with Crippen molar-refractivity contribution < 1.29 is 27.1 Å². The molecule has 0 atom stereocenters. The molecule has 0 aliphatic carbocycles. The Morgan fingerprint density at radius 2 is 1.90 bits per heavy atom. The third kappa shape index (κ3) is 3.81. The first kappa shape index (κ1) is 19.7. The van der Waals surface area contributed by atoms with Crippen molar-refractivity contribution in [1.29, 1.82) is 0 Å². The highest BCUT2D eigenvalue weighted by Crippen LogP contribution is 2.33. The number of fused-ring (bicyclic) bond motifs is 1. The number of hydrogen-bond donors (Lipinski definition) is 2. The molecular formula is C19H16ClFN2O5S. The van der Waals surface area contributed by atoms with Crippen LogP contribution in [-0.2, 0) is 16.6 Å². The van der Waals surface area contributed by atoms with E-state index in [1.165, 1.54) is 12.1 Å². The van der Waals surface area contributed by atoms with Crippen molar-refractivity contribution in [1.82, 2.24) is 9.62 Å². The van der Waals surface area contributed by atoms with Gasteiger partial charge in [0.05, 0.1) is 16.5 Å². The third-order valence-corrected chi connectivity index (χ3v) is 6.79. The Labute approximate surface area is 170 Å². The van der Waals surface area contributed by atoms with E-state index in [9.17, 15) is 17.6 Å². The quantitative estimate of drug-likeness (QED) is 0.630. The number of benzene rings is 2. The van der Waals surface area contributed by atoms with Gasteiger partial charge in [0.15, 0.2) is 5.58 Å². The summed E-state index contributed by atoms with van der Waals surface area (Å²) in [5.74, 6) is 0.420. The number of rotatable bonds is 5. The van der Waals surface area contributed by atoms with Crippen LogP contribution >= 0.6 is 11.6 Å². The smallest absolute Gasteiger partial charge is 0.405 e. The lowest BCUT2D eigenvalue weighted by Crippen LogP contribution is -2.51. The summed E-state index contributed by atoms with van der Waals surface area (Å²) in [6, 6.07) is 11.5. The normalized spacial score (nSPS) is 15.4. The zero-order valence-electron chi connectivity index (χ0n) is 14.9. The molecule has 10 heteroatoms. The van der Waals surface area contributed by atoms with Gasteiger partial charge in [-0.05, 0) is 41.5 Å². The van der Waals surface area contributed by atoms with Crippen molar-refractivity contribution in [3.8, 4) is 11.1 Å². The molecule has 1 saturated heterocycles. The molecular weight excluding hydrogens is 423 g/mol. The van der Waals surface area contributed by atoms with Crippen molar-refractivity contribution >= 4 is 38.7 Å². The van der Waals surface area contributed by atoms with E-state index in [2.05, 4.69) is 5.32 Å². The molecule has 1 amide bonds. The van der Waals surface area contributed by atoms with Gasteiger partial charge in [-0.25, -0.2) is 17.6 Å². The molecule has 1 aliphatic rings. The summed E-state index contributed by atoms with van der Waals surface area (Å²) < 4.78 is 44.5. The summed E-state index contributed by atoms with van der Waals surface area (Å²) in [6.45, 7) is -0.218. The lowest BCUT2D eigenvalue weighted by Gasteiger charge is -2.33. The molecule has 29 heavy (non-hydrogen) atoms. The van der Waals surface area contributed by atoms with Gasteiger partial charge in [0.2, 0.25) is 10.0 Å². The summed E-state index contributed by atoms with van der Waals surface area (Å²) in [5, 5.41) is 12.0. The van der Waals surface area contributed by atoms with Crippen LogP contribution in [-0.4, -0.2) is 43.2 Å². The maximum absolute atomic E-state index is 13.0. The predicted molar refractivity (Wildman–Crippen MR) is 105 cm³/mol. The number of halogens is 2. The minimum absolute atomic E-state index is 0.0124. The number of alkyl halides is 1. The first-order valence-corrected chi connectivity index (χ1v) is 10.5. The van der Waals surface area contributed by atoms with Crippen molar-refractivity contribution in [2.45, 2.75) is 17.6 Å². The average Bonchev–Trinajstić information content (AvgIpc) is 3.07. The van der Waals surface area contributed by atoms with Crippen LogP contribution in [0.3, 0.4) is 0 Å². The molecule has 2 aromatic carbocycles. The molecule has 0 saturated carbocycles. The highest BCUT2D eigenvalue weighted by Gasteiger charge is 2.36. The number of furan rings is 1. The lowest BCUT2D eigenvalue weighted by molar-refractivity contribution is 0.141. The standard InChI is InChI=1S/C19H16ClFN2O5S/c20-17-7-12(5-13-6-15(28-18(13)17)8-22-19(24)25)11-1-3-16(4-2-11)29(26,27)23-9-14(21)10-23/h1-7,14,22H,8-10H2,(H,24,25). The van der Waals surface area contributed by atoms with Gasteiger partial charge < -0.3 is 14.8 Å². The monoisotopic (exact) mass is 438 g/mol. The topological polar surface area (TPSA) is 99.8 Å². The van der Waals surface area contributed by atoms with Crippen LogP contribution in [0, 0.1) is 0 Å². The molecule has 0 bridgehead atoms. The van der Waals surface area contributed by atoms with Crippen molar-refractivity contribution in [3.63, 3.8) is 0 Å². The van der Waals surface area contributed by atoms with E-state index in [4.69, 9.17) is 21.1 Å². The molecule has 152 valence electrons. The molecule has 1 fully saturated rings.